The summed E-state index contributed by atoms with van der Waals surface area (Å²) in [6.07, 6.45) is 2.34. The minimum Gasteiger partial charge on any atom is -0.444 e. The molecule has 4 atom stereocenters. The molecule has 6 nitrogen and oxygen atoms in total. The van der Waals surface area contributed by atoms with Crippen LogP contribution in [0.4, 0.5) is 31.1 Å². The summed E-state index contributed by atoms with van der Waals surface area (Å²) in [5.74, 6) is -6.84. The highest BCUT2D eigenvalue weighted by Crippen LogP contribution is 2.34. The van der Waals surface area contributed by atoms with Gasteiger partial charge >= 0.3 is 6.09 Å². The number of ether oxygens (including phenoxy) is 1. The third-order valence-electron chi connectivity index (χ3n) is 11.8. The van der Waals surface area contributed by atoms with Crippen LogP contribution in [0.15, 0.2) is 84.9 Å². The van der Waals surface area contributed by atoms with E-state index < -0.39 is 64.7 Å². The molecule has 2 N–H and O–H groups in total. The molecule has 0 spiro atoms. The van der Waals surface area contributed by atoms with Gasteiger partial charge in [-0.15, -0.1) is 0 Å². The molecule has 1 amide bonds. The van der Waals surface area contributed by atoms with Crippen LogP contribution in [-0.4, -0.2) is 77.4 Å². The minimum atomic E-state index is -1.83. The van der Waals surface area contributed by atoms with Gasteiger partial charge in [0.15, 0.2) is 23.3 Å². The lowest BCUT2D eigenvalue weighted by atomic mass is 9.88. The number of hydrogen-bond donors (Lipinski definition) is 1. The number of halogens is 6. The molecule has 2 fully saturated rings. The third-order valence-corrected chi connectivity index (χ3v) is 11.8. The number of benzene rings is 4. The van der Waals surface area contributed by atoms with E-state index in [0.717, 1.165) is 50.9 Å². The van der Waals surface area contributed by atoms with Crippen molar-refractivity contribution < 1.29 is 35.9 Å². The zero-order valence-corrected chi connectivity index (χ0v) is 34.2. The first-order chi connectivity index (χ1) is 28.1. The second-order valence-corrected chi connectivity index (χ2v) is 17.3. The lowest BCUT2D eigenvalue weighted by Gasteiger charge is -2.47. The number of hydrogen-bond acceptors (Lipinski definition) is 5. The number of nitrogens with zero attached hydrogens (tertiary/aromatic N) is 3. The van der Waals surface area contributed by atoms with Crippen molar-refractivity contribution in [2.45, 2.75) is 101 Å². The number of likely N-dealkylation sites (tertiary alicyclic amines) is 2. The molecule has 2 aliphatic heterocycles. The monoisotopic (exact) mass is 822 g/mol. The molecule has 4 aromatic rings. The van der Waals surface area contributed by atoms with E-state index in [1.807, 2.05) is 36.4 Å². The Kier molecular flexibility index (Phi) is 14.5. The van der Waals surface area contributed by atoms with E-state index in [-0.39, 0.29) is 42.2 Å². The summed E-state index contributed by atoms with van der Waals surface area (Å²) in [6, 6.07) is 21.7. The molecule has 0 radical (unpaired) electrons. The smallest absolute Gasteiger partial charge is 0.412 e. The third kappa shape index (κ3) is 11.7. The van der Waals surface area contributed by atoms with Crippen molar-refractivity contribution in [3.05, 3.63) is 142 Å². The molecule has 12 heteroatoms. The summed E-state index contributed by atoms with van der Waals surface area (Å²) >= 11 is 0. The Morgan fingerprint density at radius 2 is 1.19 bits per heavy atom. The number of piperidine rings is 2. The molecule has 0 aliphatic carbocycles. The number of carbonyl (C=O) groups excluding carboxylic acids is 1. The molecular formula is C47H56F6N4O2. The highest BCUT2D eigenvalue weighted by Gasteiger charge is 2.44. The Morgan fingerprint density at radius 1 is 0.712 bits per heavy atom. The van der Waals surface area contributed by atoms with Crippen LogP contribution in [0.5, 0.6) is 0 Å². The summed E-state index contributed by atoms with van der Waals surface area (Å²) < 4.78 is 95.4. The summed E-state index contributed by atoms with van der Waals surface area (Å²) in [5.41, 5.74) is 6.50. The van der Waals surface area contributed by atoms with Crippen LogP contribution in [0, 0.1) is 34.9 Å². The van der Waals surface area contributed by atoms with Gasteiger partial charge in [-0.05, 0) is 125 Å². The van der Waals surface area contributed by atoms with Crippen LogP contribution in [-0.2, 0) is 17.6 Å². The van der Waals surface area contributed by atoms with Crippen molar-refractivity contribution in [2.24, 2.45) is 5.73 Å². The quantitative estimate of drug-likeness (QED) is 0.0780. The molecule has 2 saturated heterocycles. The molecule has 0 aromatic heterocycles. The predicted molar refractivity (Wildman–Crippen MR) is 218 cm³/mol. The van der Waals surface area contributed by atoms with Gasteiger partial charge in [0.05, 0.1) is 0 Å². The summed E-state index contributed by atoms with van der Waals surface area (Å²) in [4.78, 5) is 20.5. The van der Waals surface area contributed by atoms with Gasteiger partial charge in [-0.3, -0.25) is 4.90 Å². The van der Waals surface area contributed by atoms with Gasteiger partial charge in [0.1, 0.15) is 22.9 Å². The molecule has 0 bridgehead atoms. The molecule has 0 saturated carbocycles. The average molecular weight is 823 g/mol. The Balaban J connectivity index is 1.40. The van der Waals surface area contributed by atoms with Crippen molar-refractivity contribution in [1.29, 1.82) is 0 Å². The van der Waals surface area contributed by atoms with Gasteiger partial charge in [-0.2, -0.15) is 0 Å². The van der Waals surface area contributed by atoms with Crippen molar-refractivity contribution in [2.75, 3.05) is 39.3 Å². The fraction of sp³-hybridized carbons (Fsp3) is 0.468. The Labute approximate surface area is 344 Å². The largest absolute Gasteiger partial charge is 0.444 e. The minimum absolute atomic E-state index is 0.0305. The lowest BCUT2D eigenvalue weighted by Crippen LogP contribution is -2.65. The van der Waals surface area contributed by atoms with Crippen molar-refractivity contribution >= 4 is 6.09 Å². The second-order valence-electron chi connectivity index (χ2n) is 17.3. The SMILES string of the molecule is CC(C)(C)OC(=O)N([C@@H](CCN1CCCC(c2ccccc2)C1)Cc1cc(F)c(F)cc1F)C(N)(CCN1CCCC(c2ccccc2)C1)Cc1cc(F)c(F)cc1F. The number of nitrogens with two attached hydrogens (primary N) is 1. The van der Waals surface area contributed by atoms with E-state index in [1.165, 1.54) is 16.0 Å². The normalized spacial score (nSPS) is 19.6. The van der Waals surface area contributed by atoms with Crippen LogP contribution in [0.2, 0.25) is 0 Å². The molecular weight excluding hydrogens is 767 g/mol. The fourth-order valence-electron chi connectivity index (χ4n) is 8.82. The fourth-order valence-corrected chi connectivity index (χ4v) is 8.82. The molecule has 3 unspecified atom stereocenters. The molecule has 2 heterocycles. The first-order valence-electron chi connectivity index (χ1n) is 20.7. The zero-order valence-electron chi connectivity index (χ0n) is 34.2. The summed E-state index contributed by atoms with van der Waals surface area (Å²) in [6.45, 7) is 8.67. The van der Waals surface area contributed by atoms with Crippen LogP contribution >= 0.6 is 0 Å². The van der Waals surface area contributed by atoms with E-state index in [2.05, 4.69) is 34.1 Å². The molecule has 2 aliphatic rings. The van der Waals surface area contributed by atoms with Crippen LogP contribution < -0.4 is 5.73 Å². The van der Waals surface area contributed by atoms with E-state index in [0.29, 0.717) is 38.3 Å². The summed E-state index contributed by atoms with van der Waals surface area (Å²) in [7, 11) is 0. The molecule has 318 valence electrons. The van der Waals surface area contributed by atoms with Gasteiger partial charge in [0.2, 0.25) is 0 Å². The van der Waals surface area contributed by atoms with Crippen molar-refractivity contribution in [1.82, 2.24) is 14.7 Å². The van der Waals surface area contributed by atoms with Gasteiger partial charge in [0.25, 0.3) is 0 Å². The van der Waals surface area contributed by atoms with Crippen LogP contribution in [0.1, 0.15) is 93.4 Å². The zero-order chi connectivity index (χ0) is 42.3. The molecule has 4 aromatic carbocycles. The lowest BCUT2D eigenvalue weighted by molar-refractivity contribution is -0.0269. The van der Waals surface area contributed by atoms with Gasteiger partial charge < -0.3 is 20.3 Å². The van der Waals surface area contributed by atoms with E-state index in [9.17, 15) is 22.4 Å². The molecule has 6 rings (SSSR count). The van der Waals surface area contributed by atoms with Gasteiger partial charge in [-0.25, -0.2) is 31.1 Å². The molecule has 59 heavy (non-hydrogen) atoms. The second kappa shape index (κ2) is 19.3. The predicted octanol–water partition coefficient (Wildman–Crippen LogP) is 10.1. The van der Waals surface area contributed by atoms with Gasteiger partial charge in [0, 0.05) is 50.8 Å². The highest BCUT2D eigenvalue weighted by molar-refractivity contribution is 5.70. The Hall–Kier alpha value is -4.39. The van der Waals surface area contributed by atoms with E-state index >= 15 is 8.78 Å². The van der Waals surface area contributed by atoms with Crippen molar-refractivity contribution in [3.8, 4) is 0 Å². The van der Waals surface area contributed by atoms with Crippen LogP contribution in [0.25, 0.3) is 0 Å². The maximum absolute atomic E-state index is 15.6. The van der Waals surface area contributed by atoms with E-state index in [4.69, 9.17) is 10.5 Å². The standard InChI is InChI=1S/C47H56F6N4O2/c1-46(2,3)59-45(58)57(38(24-36-25-41(50)43(52)27-39(36)48)18-22-55-20-10-16-34(30-55)32-12-6-4-7-13-32)47(54,29-37-26-42(51)44(53)28-40(37)49)19-23-56-21-11-17-35(31-56)33-14-8-5-9-15-33/h4-9,12-15,25-28,34-35,38H,10-11,16-24,29-31,54H2,1-3H3/t34?,35?,38-,47?/m0/s1. The number of amides is 1. The average Bonchev–Trinajstić information content (AvgIpc) is 3.20. The topological polar surface area (TPSA) is 62.0 Å². The highest BCUT2D eigenvalue weighted by atomic mass is 19.2. The summed E-state index contributed by atoms with van der Waals surface area (Å²) in [5, 5.41) is 0. The first kappa shape index (κ1) is 44.2. The first-order valence-corrected chi connectivity index (χ1v) is 20.7. The number of rotatable bonds is 14. The van der Waals surface area contributed by atoms with Crippen molar-refractivity contribution in [3.63, 3.8) is 0 Å². The number of carbonyl (C=O) groups is 1. The van der Waals surface area contributed by atoms with Gasteiger partial charge in [-0.1, -0.05) is 60.7 Å². The maximum Gasteiger partial charge on any atom is 0.412 e. The van der Waals surface area contributed by atoms with E-state index in [1.54, 1.807) is 20.8 Å². The Bertz CT molecular complexity index is 2020. The Morgan fingerprint density at radius 3 is 1.71 bits per heavy atom. The maximum atomic E-state index is 15.6. The van der Waals surface area contributed by atoms with Crippen LogP contribution in [0.3, 0.4) is 0 Å².